The molecule has 1 atom stereocenters. The lowest BCUT2D eigenvalue weighted by molar-refractivity contribution is -0.119. The summed E-state index contributed by atoms with van der Waals surface area (Å²) in [6.07, 6.45) is 0.953. The van der Waals surface area contributed by atoms with Crippen LogP contribution in [0.1, 0.15) is 47.7 Å². The topological polar surface area (TPSA) is 75.6 Å². The molecule has 0 unspecified atom stereocenters. The molecule has 5 nitrogen and oxygen atoms in total. The third-order valence-electron chi connectivity index (χ3n) is 4.09. The van der Waals surface area contributed by atoms with Gasteiger partial charge in [0.25, 0.3) is 5.91 Å². The van der Waals surface area contributed by atoms with Crippen LogP contribution < -0.4 is 5.32 Å². The average Bonchev–Trinajstić information content (AvgIpc) is 2.59. The number of esters is 1. The third-order valence-corrected chi connectivity index (χ3v) is 4.09. The highest BCUT2D eigenvalue weighted by molar-refractivity contribution is 5.97. The van der Waals surface area contributed by atoms with Crippen LogP contribution in [0.4, 0.5) is 5.69 Å². The number of hydrogen-bond acceptors (Lipinski definition) is 4. The molecule has 2 aromatic carbocycles. The molecule has 25 heavy (non-hydrogen) atoms. The summed E-state index contributed by atoms with van der Waals surface area (Å²) in [6, 6.07) is 12.2. The first-order chi connectivity index (χ1) is 11.9. The molecule has 5 heteroatoms. The minimum atomic E-state index is -0.733. The van der Waals surface area contributed by atoms with Crippen molar-refractivity contribution in [3.05, 3.63) is 59.2 Å². The van der Waals surface area contributed by atoms with Crippen LogP contribution in [0.25, 0.3) is 0 Å². The SMILES string of the molecule is CC[C@H](C)c1ccccc1NC(=O)COC(=O)c1ccc(C)cc1O. The highest BCUT2D eigenvalue weighted by Gasteiger charge is 2.16. The van der Waals surface area contributed by atoms with E-state index in [0.29, 0.717) is 5.92 Å². The number of anilines is 1. The summed E-state index contributed by atoms with van der Waals surface area (Å²) in [5.74, 6) is -1.00. The number of phenols is 1. The average molecular weight is 341 g/mol. The van der Waals surface area contributed by atoms with E-state index in [4.69, 9.17) is 4.74 Å². The lowest BCUT2D eigenvalue weighted by Crippen LogP contribution is -2.21. The number of ether oxygens (including phenoxy) is 1. The first-order valence-electron chi connectivity index (χ1n) is 8.27. The van der Waals surface area contributed by atoms with Gasteiger partial charge in [0.2, 0.25) is 0 Å². The second kappa shape index (κ2) is 8.33. The van der Waals surface area contributed by atoms with Crippen molar-refractivity contribution in [1.82, 2.24) is 0 Å². The number of benzene rings is 2. The molecule has 0 aromatic heterocycles. The summed E-state index contributed by atoms with van der Waals surface area (Å²) >= 11 is 0. The van der Waals surface area contributed by atoms with Gasteiger partial charge < -0.3 is 15.2 Å². The van der Waals surface area contributed by atoms with Crippen molar-refractivity contribution in [3.8, 4) is 5.75 Å². The van der Waals surface area contributed by atoms with Crippen molar-refractivity contribution in [2.24, 2.45) is 0 Å². The Kier molecular flexibility index (Phi) is 6.17. The molecule has 2 rings (SSSR count). The molecule has 132 valence electrons. The normalized spacial score (nSPS) is 11.6. The fourth-order valence-corrected chi connectivity index (χ4v) is 2.47. The molecule has 1 amide bonds. The molecule has 0 heterocycles. The number of nitrogens with one attached hydrogen (secondary N) is 1. The van der Waals surface area contributed by atoms with Gasteiger partial charge >= 0.3 is 5.97 Å². The maximum Gasteiger partial charge on any atom is 0.342 e. The smallest absolute Gasteiger partial charge is 0.342 e. The summed E-state index contributed by atoms with van der Waals surface area (Å²) in [4.78, 5) is 24.1. The van der Waals surface area contributed by atoms with E-state index in [1.165, 1.54) is 12.1 Å². The number of aryl methyl sites for hydroxylation is 1. The quantitative estimate of drug-likeness (QED) is 0.779. The van der Waals surface area contributed by atoms with E-state index in [1.54, 1.807) is 13.0 Å². The zero-order valence-electron chi connectivity index (χ0n) is 14.7. The molecule has 0 saturated heterocycles. The monoisotopic (exact) mass is 341 g/mol. The number of aromatic hydroxyl groups is 1. The van der Waals surface area contributed by atoms with E-state index >= 15 is 0 Å². The molecule has 0 fully saturated rings. The van der Waals surface area contributed by atoms with Gasteiger partial charge in [-0.1, -0.05) is 38.1 Å². The Hall–Kier alpha value is -2.82. The van der Waals surface area contributed by atoms with Crippen molar-refractivity contribution in [2.45, 2.75) is 33.1 Å². The Balaban J connectivity index is 1.98. The predicted octanol–water partition coefficient (Wildman–Crippen LogP) is 4.01. The van der Waals surface area contributed by atoms with Crippen molar-refractivity contribution in [2.75, 3.05) is 11.9 Å². The second-order valence-corrected chi connectivity index (χ2v) is 6.04. The van der Waals surface area contributed by atoms with Crippen LogP contribution >= 0.6 is 0 Å². The van der Waals surface area contributed by atoms with Gasteiger partial charge in [-0.2, -0.15) is 0 Å². The first-order valence-corrected chi connectivity index (χ1v) is 8.27. The van der Waals surface area contributed by atoms with Crippen molar-refractivity contribution in [1.29, 1.82) is 0 Å². The summed E-state index contributed by atoms with van der Waals surface area (Å²) in [6.45, 7) is 5.56. The van der Waals surface area contributed by atoms with Crippen LogP contribution in [-0.2, 0) is 9.53 Å². The summed E-state index contributed by atoms with van der Waals surface area (Å²) < 4.78 is 5.00. The second-order valence-electron chi connectivity index (χ2n) is 6.04. The zero-order valence-corrected chi connectivity index (χ0v) is 14.7. The highest BCUT2D eigenvalue weighted by atomic mass is 16.5. The van der Waals surface area contributed by atoms with Gasteiger partial charge in [-0.15, -0.1) is 0 Å². The van der Waals surface area contributed by atoms with Gasteiger partial charge in [0.15, 0.2) is 6.61 Å². The Labute approximate surface area is 147 Å². The Morgan fingerprint density at radius 1 is 1.20 bits per heavy atom. The molecular weight excluding hydrogens is 318 g/mol. The van der Waals surface area contributed by atoms with Crippen LogP contribution in [-0.4, -0.2) is 23.6 Å². The van der Waals surface area contributed by atoms with Gasteiger partial charge in [0.05, 0.1) is 0 Å². The molecule has 0 aliphatic carbocycles. The molecule has 2 N–H and O–H groups in total. The van der Waals surface area contributed by atoms with Crippen LogP contribution in [0.5, 0.6) is 5.75 Å². The van der Waals surface area contributed by atoms with Crippen molar-refractivity contribution in [3.63, 3.8) is 0 Å². The Bertz CT molecular complexity index is 770. The fourth-order valence-electron chi connectivity index (χ4n) is 2.47. The number of rotatable bonds is 6. The summed E-state index contributed by atoms with van der Waals surface area (Å²) in [5.41, 5.74) is 2.63. The van der Waals surface area contributed by atoms with Crippen LogP contribution in [0, 0.1) is 6.92 Å². The lowest BCUT2D eigenvalue weighted by Gasteiger charge is -2.15. The predicted molar refractivity (Wildman–Crippen MR) is 96.9 cm³/mol. The number of amides is 1. The van der Waals surface area contributed by atoms with Crippen molar-refractivity contribution < 1.29 is 19.4 Å². The van der Waals surface area contributed by atoms with E-state index in [1.807, 2.05) is 24.3 Å². The zero-order chi connectivity index (χ0) is 18.4. The van der Waals surface area contributed by atoms with Crippen molar-refractivity contribution >= 4 is 17.6 Å². The molecule has 0 saturated carbocycles. The highest BCUT2D eigenvalue weighted by Crippen LogP contribution is 2.26. The molecule has 0 radical (unpaired) electrons. The molecule has 0 spiro atoms. The van der Waals surface area contributed by atoms with Gasteiger partial charge in [-0.3, -0.25) is 4.79 Å². The molecule has 0 aliphatic heterocycles. The van der Waals surface area contributed by atoms with Gasteiger partial charge in [-0.25, -0.2) is 4.79 Å². The van der Waals surface area contributed by atoms with E-state index in [-0.39, 0.29) is 11.3 Å². The number of phenolic OH excluding ortho intramolecular Hbond substituents is 1. The maximum atomic E-state index is 12.1. The van der Waals surface area contributed by atoms with Crippen LogP contribution in [0.3, 0.4) is 0 Å². The van der Waals surface area contributed by atoms with Gasteiger partial charge in [-0.05, 0) is 48.6 Å². The molecular formula is C20H23NO4. The first kappa shape index (κ1) is 18.5. The molecule has 2 aromatic rings. The van der Waals surface area contributed by atoms with Crippen LogP contribution in [0.2, 0.25) is 0 Å². The molecule has 0 bridgehead atoms. The summed E-state index contributed by atoms with van der Waals surface area (Å²) in [5, 5.41) is 12.6. The van der Waals surface area contributed by atoms with E-state index in [0.717, 1.165) is 23.2 Å². The standard InChI is InChI=1S/C20H23NO4/c1-4-14(3)15-7-5-6-8-17(15)21-19(23)12-25-20(24)16-10-9-13(2)11-18(16)22/h5-11,14,22H,4,12H2,1-3H3,(H,21,23)/t14-/m0/s1. The fraction of sp³-hybridized carbons (Fsp3) is 0.300. The number of para-hydroxylation sites is 1. The maximum absolute atomic E-state index is 12.1. The Morgan fingerprint density at radius 3 is 2.60 bits per heavy atom. The Morgan fingerprint density at radius 2 is 1.92 bits per heavy atom. The van der Waals surface area contributed by atoms with Crippen LogP contribution in [0.15, 0.2) is 42.5 Å². The van der Waals surface area contributed by atoms with Gasteiger partial charge in [0.1, 0.15) is 11.3 Å². The molecule has 0 aliphatic rings. The van der Waals surface area contributed by atoms with Gasteiger partial charge in [0, 0.05) is 5.69 Å². The van der Waals surface area contributed by atoms with E-state index in [9.17, 15) is 14.7 Å². The summed E-state index contributed by atoms with van der Waals surface area (Å²) in [7, 11) is 0. The van der Waals surface area contributed by atoms with E-state index in [2.05, 4.69) is 19.2 Å². The number of carbonyl (C=O) groups excluding carboxylic acids is 2. The minimum Gasteiger partial charge on any atom is -0.507 e. The number of hydrogen-bond donors (Lipinski definition) is 2. The lowest BCUT2D eigenvalue weighted by atomic mass is 9.97. The third kappa shape index (κ3) is 4.83. The largest absolute Gasteiger partial charge is 0.507 e. The van der Waals surface area contributed by atoms with E-state index < -0.39 is 18.5 Å². The minimum absolute atomic E-state index is 0.0402. The number of carbonyl (C=O) groups is 2.